The van der Waals surface area contributed by atoms with Gasteiger partial charge in [-0.15, -0.1) is 0 Å². The molecule has 0 amide bonds. The van der Waals surface area contributed by atoms with Crippen LogP contribution < -0.4 is 20.1 Å². The van der Waals surface area contributed by atoms with Crippen molar-refractivity contribution in [2.75, 3.05) is 40.6 Å². The number of ether oxygens (including phenoxy) is 2. The van der Waals surface area contributed by atoms with Crippen molar-refractivity contribution in [3.63, 3.8) is 0 Å². The molecule has 1 aliphatic rings. The standard InChI is InChI=1S/C27H37NO2P2/c1-8-31(9-2)27-21(20(3)28(4)5)18-19-26(27)32(24-16-12-10-14-22(24)29-6)25-17-13-11-15-23(25)30-7/h10-21H,8-9H2,1-7H3/t20-,21-/m0/s1. The summed E-state index contributed by atoms with van der Waals surface area (Å²) in [6.45, 7) is 7.05. The fraction of sp³-hybridized carbons (Fsp3) is 0.407. The molecule has 0 fully saturated rings. The molecule has 2 aromatic rings. The second kappa shape index (κ2) is 11.5. The second-order valence-corrected chi connectivity index (χ2v) is 13.2. The molecule has 5 heteroatoms. The smallest absolute Gasteiger partial charge is 0.127 e. The van der Waals surface area contributed by atoms with Crippen molar-refractivity contribution < 1.29 is 9.47 Å². The summed E-state index contributed by atoms with van der Waals surface area (Å²) >= 11 is 0. The fourth-order valence-electron chi connectivity index (χ4n) is 4.40. The molecular formula is C27H37NO2P2. The number of nitrogens with zero attached hydrogens (tertiary/aromatic N) is 1. The van der Waals surface area contributed by atoms with E-state index in [1.807, 2.05) is 0 Å². The number of hydrogen-bond donors (Lipinski definition) is 0. The van der Waals surface area contributed by atoms with E-state index in [1.54, 1.807) is 19.5 Å². The summed E-state index contributed by atoms with van der Waals surface area (Å²) in [7, 11) is 6.90. The minimum absolute atomic E-state index is 0.209. The molecule has 1 aliphatic carbocycles. The van der Waals surface area contributed by atoms with Gasteiger partial charge in [0.2, 0.25) is 0 Å². The highest BCUT2D eigenvalue weighted by atomic mass is 31.1. The average molecular weight is 470 g/mol. The Bertz CT molecular complexity index is 918. The van der Waals surface area contributed by atoms with Crippen LogP contribution in [0.25, 0.3) is 0 Å². The van der Waals surface area contributed by atoms with Crippen molar-refractivity contribution in [2.45, 2.75) is 26.8 Å². The predicted octanol–water partition coefficient (Wildman–Crippen LogP) is 6.01. The van der Waals surface area contributed by atoms with Crippen molar-refractivity contribution in [2.24, 2.45) is 5.92 Å². The molecule has 2 aromatic carbocycles. The third-order valence-electron chi connectivity index (χ3n) is 6.37. The van der Waals surface area contributed by atoms with E-state index < -0.39 is 7.92 Å². The SMILES string of the molecule is CCP(CC)C1=C(P(c2ccccc2OC)c2ccccc2OC)C=C[C@H]1[C@H](C)N(C)C. The van der Waals surface area contributed by atoms with Crippen LogP contribution in [0, 0.1) is 5.92 Å². The lowest BCUT2D eigenvalue weighted by Gasteiger charge is -2.33. The minimum Gasteiger partial charge on any atom is -0.496 e. The van der Waals surface area contributed by atoms with Crippen molar-refractivity contribution >= 4 is 26.5 Å². The van der Waals surface area contributed by atoms with Gasteiger partial charge in [-0.25, -0.2) is 0 Å². The molecule has 0 aromatic heterocycles. The van der Waals surface area contributed by atoms with Gasteiger partial charge in [-0.1, -0.05) is 70.3 Å². The average Bonchev–Trinajstić information content (AvgIpc) is 3.24. The molecule has 0 aliphatic heterocycles. The summed E-state index contributed by atoms with van der Waals surface area (Å²) in [5, 5.41) is 5.66. The summed E-state index contributed by atoms with van der Waals surface area (Å²) in [4.78, 5) is 2.35. The highest BCUT2D eigenvalue weighted by Gasteiger charge is 2.36. The van der Waals surface area contributed by atoms with E-state index in [0.717, 1.165) is 11.5 Å². The Hall–Kier alpha value is -1.66. The van der Waals surface area contributed by atoms with Crippen molar-refractivity contribution in [1.29, 1.82) is 0 Å². The molecule has 32 heavy (non-hydrogen) atoms. The third kappa shape index (κ3) is 4.96. The van der Waals surface area contributed by atoms with Gasteiger partial charge in [-0.3, -0.25) is 0 Å². The lowest BCUT2D eigenvalue weighted by atomic mass is 10.0. The van der Waals surface area contributed by atoms with E-state index in [9.17, 15) is 0 Å². The normalized spacial score (nSPS) is 17.0. The molecular weight excluding hydrogens is 432 g/mol. The molecule has 0 N–H and O–H groups in total. The first-order valence-electron chi connectivity index (χ1n) is 11.4. The molecule has 172 valence electrons. The van der Waals surface area contributed by atoms with Crippen molar-refractivity contribution in [3.8, 4) is 11.5 Å². The zero-order valence-corrected chi connectivity index (χ0v) is 22.3. The summed E-state index contributed by atoms with van der Waals surface area (Å²) in [6, 6.07) is 17.5. The van der Waals surface area contributed by atoms with Gasteiger partial charge < -0.3 is 14.4 Å². The van der Waals surface area contributed by atoms with Crippen LogP contribution in [-0.4, -0.2) is 51.6 Å². The topological polar surface area (TPSA) is 21.7 Å². The maximum Gasteiger partial charge on any atom is 0.127 e. The molecule has 0 heterocycles. The first-order chi connectivity index (χ1) is 15.5. The lowest BCUT2D eigenvalue weighted by Crippen LogP contribution is -2.32. The largest absolute Gasteiger partial charge is 0.496 e. The number of hydrogen-bond acceptors (Lipinski definition) is 3. The van der Waals surface area contributed by atoms with Crippen LogP contribution in [-0.2, 0) is 0 Å². The summed E-state index contributed by atoms with van der Waals surface area (Å²) in [6.07, 6.45) is 7.30. The predicted molar refractivity (Wildman–Crippen MR) is 143 cm³/mol. The van der Waals surface area contributed by atoms with Crippen LogP contribution in [0.1, 0.15) is 20.8 Å². The minimum atomic E-state index is -0.819. The van der Waals surface area contributed by atoms with E-state index in [2.05, 4.69) is 100 Å². The highest BCUT2D eigenvalue weighted by Crippen LogP contribution is 2.61. The van der Waals surface area contributed by atoms with Gasteiger partial charge in [0, 0.05) is 22.6 Å². The fourth-order valence-corrected chi connectivity index (χ4v) is 10.0. The molecule has 0 saturated heterocycles. The number of methoxy groups -OCH3 is 2. The van der Waals surface area contributed by atoms with Crippen LogP contribution in [0.5, 0.6) is 11.5 Å². The maximum atomic E-state index is 5.87. The highest BCUT2D eigenvalue weighted by molar-refractivity contribution is 7.78. The first kappa shape index (κ1) is 25.0. The lowest BCUT2D eigenvalue weighted by molar-refractivity contribution is 0.280. The van der Waals surface area contributed by atoms with Gasteiger partial charge in [0.1, 0.15) is 11.5 Å². The summed E-state index contributed by atoms with van der Waals surface area (Å²) < 4.78 is 11.7. The molecule has 0 spiro atoms. The summed E-state index contributed by atoms with van der Waals surface area (Å²) in [5.41, 5.74) is 0. The van der Waals surface area contributed by atoms with Crippen molar-refractivity contribution in [1.82, 2.24) is 4.90 Å². The van der Waals surface area contributed by atoms with E-state index in [-0.39, 0.29) is 7.92 Å². The van der Waals surface area contributed by atoms with Crippen LogP contribution >= 0.6 is 15.8 Å². The van der Waals surface area contributed by atoms with E-state index >= 15 is 0 Å². The summed E-state index contributed by atoms with van der Waals surface area (Å²) in [5.74, 6) is 2.35. The van der Waals surface area contributed by atoms with Gasteiger partial charge in [0.05, 0.1) is 14.2 Å². The zero-order valence-electron chi connectivity index (χ0n) is 20.5. The first-order valence-corrected chi connectivity index (χ1v) is 14.4. The molecule has 3 nitrogen and oxygen atoms in total. The van der Waals surface area contributed by atoms with Crippen LogP contribution in [0.4, 0.5) is 0 Å². The van der Waals surface area contributed by atoms with E-state index in [0.29, 0.717) is 12.0 Å². The monoisotopic (exact) mass is 469 g/mol. The molecule has 0 radical (unpaired) electrons. The Morgan fingerprint density at radius 1 is 0.875 bits per heavy atom. The third-order valence-corrected chi connectivity index (χ3v) is 11.9. The van der Waals surface area contributed by atoms with Gasteiger partial charge in [0.25, 0.3) is 0 Å². The number of allylic oxidation sites excluding steroid dienone is 2. The molecule has 0 bridgehead atoms. The van der Waals surface area contributed by atoms with Crippen LogP contribution in [0.15, 0.2) is 71.3 Å². The van der Waals surface area contributed by atoms with E-state index in [4.69, 9.17) is 9.47 Å². The van der Waals surface area contributed by atoms with Gasteiger partial charge in [-0.05, 0) is 64.0 Å². The Kier molecular flexibility index (Phi) is 8.95. The number of para-hydroxylation sites is 2. The van der Waals surface area contributed by atoms with Gasteiger partial charge in [-0.2, -0.15) is 0 Å². The van der Waals surface area contributed by atoms with Crippen molar-refractivity contribution in [3.05, 3.63) is 71.3 Å². The second-order valence-electron chi connectivity index (χ2n) is 8.21. The van der Waals surface area contributed by atoms with Gasteiger partial charge in [0.15, 0.2) is 0 Å². The number of rotatable bonds is 10. The Balaban J connectivity index is 2.32. The maximum absolute atomic E-state index is 5.87. The van der Waals surface area contributed by atoms with Gasteiger partial charge >= 0.3 is 0 Å². The van der Waals surface area contributed by atoms with E-state index in [1.165, 1.54) is 28.2 Å². The molecule has 3 rings (SSSR count). The Labute approximate surface area is 197 Å². The number of benzene rings is 2. The Morgan fingerprint density at radius 3 is 1.81 bits per heavy atom. The molecule has 0 unspecified atom stereocenters. The Morgan fingerprint density at radius 2 is 1.38 bits per heavy atom. The van der Waals surface area contributed by atoms with Crippen LogP contribution in [0.2, 0.25) is 0 Å². The zero-order chi connectivity index (χ0) is 23.3. The molecule has 2 atom stereocenters. The quantitative estimate of drug-likeness (QED) is 0.398. The van der Waals surface area contributed by atoms with Crippen LogP contribution in [0.3, 0.4) is 0 Å². The molecule has 0 saturated carbocycles.